The predicted molar refractivity (Wildman–Crippen MR) is 86.6 cm³/mol. The van der Waals surface area contributed by atoms with Crippen LogP contribution >= 0.6 is 11.8 Å². The highest BCUT2D eigenvalue weighted by Gasteiger charge is 2.13. The molecule has 2 aromatic rings. The van der Waals surface area contributed by atoms with Crippen LogP contribution in [-0.2, 0) is 14.3 Å². The van der Waals surface area contributed by atoms with Crippen LogP contribution in [0.2, 0.25) is 0 Å². The van der Waals surface area contributed by atoms with E-state index in [0.717, 1.165) is 16.9 Å². The fourth-order valence-corrected chi connectivity index (χ4v) is 2.67. The Kier molecular flexibility index (Phi) is 5.83. The van der Waals surface area contributed by atoms with E-state index >= 15 is 0 Å². The van der Waals surface area contributed by atoms with Gasteiger partial charge in [0, 0.05) is 6.54 Å². The lowest BCUT2D eigenvalue weighted by Gasteiger charge is -2.08. The number of nitrogens with one attached hydrogen (secondary N) is 2. The lowest BCUT2D eigenvalue weighted by Crippen LogP contribution is -2.28. The maximum Gasteiger partial charge on any atom is 0.307 e. The van der Waals surface area contributed by atoms with E-state index in [1.807, 2.05) is 31.2 Å². The molecule has 1 aromatic carbocycles. The van der Waals surface area contributed by atoms with Crippen LogP contribution < -0.4 is 5.32 Å². The molecule has 6 nitrogen and oxygen atoms in total. The van der Waals surface area contributed by atoms with Gasteiger partial charge < -0.3 is 15.0 Å². The third kappa shape index (κ3) is 4.49. The molecule has 0 bridgehead atoms. The van der Waals surface area contributed by atoms with E-state index < -0.39 is 0 Å². The zero-order chi connectivity index (χ0) is 15.9. The molecule has 0 aliphatic heterocycles. The first-order valence-corrected chi connectivity index (χ1v) is 8.05. The molecule has 0 radical (unpaired) electrons. The van der Waals surface area contributed by atoms with Gasteiger partial charge in [-0.05, 0) is 19.1 Å². The number of hydrogen-bond donors (Lipinski definition) is 2. The number of aromatic amines is 1. The van der Waals surface area contributed by atoms with Gasteiger partial charge in [0.25, 0.3) is 0 Å². The average molecular weight is 321 g/mol. The lowest BCUT2D eigenvalue weighted by atomic mass is 10.3. The van der Waals surface area contributed by atoms with Gasteiger partial charge in [0.1, 0.15) is 5.82 Å². The highest BCUT2D eigenvalue weighted by atomic mass is 32.2. The Bertz CT molecular complexity index is 623. The van der Waals surface area contributed by atoms with Crippen molar-refractivity contribution in [3.05, 3.63) is 30.1 Å². The van der Waals surface area contributed by atoms with Crippen LogP contribution in [0.1, 0.15) is 24.4 Å². The van der Waals surface area contributed by atoms with E-state index in [0.29, 0.717) is 12.3 Å². The molecule has 0 fully saturated rings. The fraction of sp³-hybridized carbons (Fsp3) is 0.400. The van der Waals surface area contributed by atoms with E-state index in [-0.39, 0.29) is 23.5 Å². The summed E-state index contributed by atoms with van der Waals surface area (Å²) in [4.78, 5) is 30.4. The van der Waals surface area contributed by atoms with Crippen molar-refractivity contribution in [2.45, 2.75) is 18.6 Å². The summed E-state index contributed by atoms with van der Waals surface area (Å²) < 4.78 is 4.51. The van der Waals surface area contributed by atoms with E-state index in [4.69, 9.17) is 0 Å². The molecule has 1 unspecified atom stereocenters. The van der Waals surface area contributed by atoms with Crippen molar-refractivity contribution in [3.63, 3.8) is 0 Å². The number of esters is 1. The summed E-state index contributed by atoms with van der Waals surface area (Å²) >= 11 is 1.50. The van der Waals surface area contributed by atoms with E-state index in [1.54, 1.807) is 0 Å². The van der Waals surface area contributed by atoms with Crippen molar-refractivity contribution in [1.29, 1.82) is 0 Å². The number of thioether (sulfide) groups is 1. The van der Waals surface area contributed by atoms with Gasteiger partial charge in [-0.25, -0.2) is 4.98 Å². The van der Waals surface area contributed by atoms with Gasteiger partial charge in [0.05, 0.1) is 35.6 Å². The van der Waals surface area contributed by atoms with E-state index in [2.05, 4.69) is 20.0 Å². The van der Waals surface area contributed by atoms with Gasteiger partial charge in [-0.15, -0.1) is 11.8 Å². The normalized spacial score (nSPS) is 12.1. The van der Waals surface area contributed by atoms with Gasteiger partial charge >= 0.3 is 5.97 Å². The van der Waals surface area contributed by atoms with Gasteiger partial charge in [-0.2, -0.15) is 0 Å². The number of amides is 1. The van der Waals surface area contributed by atoms with Gasteiger partial charge in [-0.1, -0.05) is 12.1 Å². The second-order valence-corrected chi connectivity index (χ2v) is 6.10. The number of imidazole rings is 1. The van der Waals surface area contributed by atoms with Crippen molar-refractivity contribution in [1.82, 2.24) is 15.3 Å². The van der Waals surface area contributed by atoms with E-state index in [1.165, 1.54) is 18.9 Å². The number of H-pyrrole nitrogens is 1. The molecule has 2 rings (SSSR count). The van der Waals surface area contributed by atoms with E-state index in [9.17, 15) is 9.59 Å². The monoisotopic (exact) mass is 321 g/mol. The van der Waals surface area contributed by atoms with Crippen LogP contribution in [0, 0.1) is 0 Å². The zero-order valence-corrected chi connectivity index (χ0v) is 13.4. The summed E-state index contributed by atoms with van der Waals surface area (Å²) in [5, 5.41) is 2.77. The Morgan fingerprint density at radius 3 is 2.91 bits per heavy atom. The first-order valence-electron chi connectivity index (χ1n) is 7.00. The molecule has 2 N–H and O–H groups in total. The third-order valence-electron chi connectivity index (χ3n) is 3.14. The highest BCUT2D eigenvalue weighted by molar-refractivity contribution is 8.00. The molecule has 0 saturated heterocycles. The predicted octanol–water partition coefficient (Wildman–Crippen LogP) is 2.04. The van der Waals surface area contributed by atoms with Crippen molar-refractivity contribution >= 4 is 34.7 Å². The van der Waals surface area contributed by atoms with Crippen molar-refractivity contribution in [2.75, 3.05) is 19.4 Å². The van der Waals surface area contributed by atoms with Crippen molar-refractivity contribution in [3.8, 4) is 0 Å². The quantitative estimate of drug-likeness (QED) is 0.762. The van der Waals surface area contributed by atoms with Crippen LogP contribution in [0.15, 0.2) is 24.3 Å². The Balaban J connectivity index is 1.78. The maximum absolute atomic E-state index is 11.7. The summed E-state index contributed by atoms with van der Waals surface area (Å²) in [6.45, 7) is 2.30. The summed E-state index contributed by atoms with van der Waals surface area (Å²) in [6.07, 6.45) is 0.187. The summed E-state index contributed by atoms with van der Waals surface area (Å²) in [5.41, 5.74) is 1.92. The molecular formula is C15H19N3O3S. The van der Waals surface area contributed by atoms with Crippen LogP contribution in [0.4, 0.5) is 0 Å². The molecule has 7 heteroatoms. The molecule has 0 spiro atoms. The number of ether oxygens (including phenoxy) is 1. The second kappa shape index (κ2) is 7.84. The fourth-order valence-electron chi connectivity index (χ4n) is 1.90. The molecular weight excluding hydrogens is 302 g/mol. The van der Waals surface area contributed by atoms with Crippen molar-refractivity contribution < 1.29 is 14.3 Å². The molecule has 0 saturated carbocycles. The number of aromatic nitrogens is 2. The number of carbonyl (C=O) groups excluding carboxylic acids is 2. The Labute approximate surface area is 133 Å². The molecule has 1 atom stereocenters. The average Bonchev–Trinajstić information content (AvgIpc) is 2.96. The number of methoxy groups -OCH3 is 1. The number of benzene rings is 1. The van der Waals surface area contributed by atoms with Crippen molar-refractivity contribution in [2.24, 2.45) is 0 Å². The Morgan fingerprint density at radius 2 is 2.18 bits per heavy atom. The number of hydrogen-bond acceptors (Lipinski definition) is 5. The zero-order valence-electron chi connectivity index (χ0n) is 12.6. The first kappa shape index (κ1) is 16.4. The number of rotatable bonds is 7. The van der Waals surface area contributed by atoms with Crippen LogP contribution in [0.3, 0.4) is 0 Å². The SMILES string of the molecule is COC(=O)CCNC(=O)CSC(C)c1nc2ccccc2[nH]1. The summed E-state index contributed by atoms with van der Waals surface area (Å²) in [7, 11) is 1.33. The summed E-state index contributed by atoms with van der Waals surface area (Å²) in [5.74, 6) is 0.744. The molecule has 118 valence electrons. The van der Waals surface area contributed by atoms with Gasteiger partial charge in [-0.3, -0.25) is 9.59 Å². The molecule has 1 amide bonds. The Morgan fingerprint density at radius 1 is 1.41 bits per heavy atom. The van der Waals surface area contributed by atoms with Crippen LogP contribution in [0.5, 0.6) is 0 Å². The smallest absolute Gasteiger partial charge is 0.307 e. The maximum atomic E-state index is 11.7. The third-order valence-corrected chi connectivity index (χ3v) is 4.29. The minimum Gasteiger partial charge on any atom is -0.469 e. The number of carbonyl (C=O) groups is 2. The Hall–Kier alpha value is -2.02. The molecule has 1 heterocycles. The molecule has 0 aliphatic carbocycles. The minimum absolute atomic E-state index is 0.0822. The standard InChI is InChI=1S/C15H19N3O3S/c1-10(15-17-11-5-3-4-6-12(11)18-15)22-9-13(19)16-8-7-14(20)21-2/h3-6,10H,7-9H2,1-2H3,(H,16,19)(H,17,18). The number of fused-ring (bicyclic) bond motifs is 1. The van der Waals surface area contributed by atoms with Crippen LogP contribution in [0.25, 0.3) is 11.0 Å². The largest absolute Gasteiger partial charge is 0.469 e. The summed E-state index contributed by atoms with van der Waals surface area (Å²) in [6, 6.07) is 7.82. The molecule has 0 aliphatic rings. The lowest BCUT2D eigenvalue weighted by molar-refractivity contribution is -0.140. The number of para-hydroxylation sites is 2. The minimum atomic E-state index is -0.330. The number of nitrogens with zero attached hydrogens (tertiary/aromatic N) is 1. The van der Waals surface area contributed by atoms with Crippen LogP contribution in [-0.4, -0.2) is 41.3 Å². The van der Waals surface area contributed by atoms with Gasteiger partial charge in [0.15, 0.2) is 0 Å². The first-order chi connectivity index (χ1) is 10.6. The highest BCUT2D eigenvalue weighted by Crippen LogP contribution is 2.27. The molecule has 1 aromatic heterocycles. The van der Waals surface area contributed by atoms with Gasteiger partial charge in [0.2, 0.25) is 5.91 Å². The second-order valence-electron chi connectivity index (χ2n) is 4.77. The topological polar surface area (TPSA) is 84.1 Å². The molecule has 22 heavy (non-hydrogen) atoms.